The van der Waals surface area contributed by atoms with Gasteiger partial charge in [-0.25, -0.2) is 4.39 Å². The zero-order valence-electron chi connectivity index (χ0n) is 10.2. The number of aliphatic hydroxyl groups excluding tert-OH is 1. The van der Waals surface area contributed by atoms with E-state index in [1.807, 2.05) is 6.92 Å². The van der Waals surface area contributed by atoms with Gasteiger partial charge < -0.3 is 5.11 Å². The Hall–Kier alpha value is -1.38. The second kappa shape index (κ2) is 5.09. The standard InChI is InChI=1S/C15H14ClFO/c1-9-3-4-11(8-14(9)17)15(18)13-6-5-12(16)7-10(13)2/h3-8,15,18H,1-2H3. The third-order valence-electron chi connectivity index (χ3n) is 3.04. The summed E-state index contributed by atoms with van der Waals surface area (Å²) in [5.41, 5.74) is 2.74. The van der Waals surface area contributed by atoms with Crippen LogP contribution in [0.3, 0.4) is 0 Å². The predicted octanol–water partition coefficient (Wildman–Crippen LogP) is 4.18. The van der Waals surface area contributed by atoms with Crippen molar-refractivity contribution in [2.75, 3.05) is 0 Å². The van der Waals surface area contributed by atoms with E-state index in [0.29, 0.717) is 16.1 Å². The van der Waals surface area contributed by atoms with Crippen molar-refractivity contribution in [3.8, 4) is 0 Å². The van der Waals surface area contributed by atoms with Crippen molar-refractivity contribution in [2.45, 2.75) is 20.0 Å². The van der Waals surface area contributed by atoms with Gasteiger partial charge in [0.1, 0.15) is 11.9 Å². The molecule has 18 heavy (non-hydrogen) atoms. The molecule has 0 aliphatic carbocycles. The van der Waals surface area contributed by atoms with Crippen LogP contribution < -0.4 is 0 Å². The first-order chi connectivity index (χ1) is 8.49. The quantitative estimate of drug-likeness (QED) is 0.863. The van der Waals surface area contributed by atoms with Gasteiger partial charge in [0.25, 0.3) is 0 Å². The molecule has 0 aromatic heterocycles. The minimum absolute atomic E-state index is 0.307. The Bertz CT molecular complexity index is 581. The van der Waals surface area contributed by atoms with Crippen LogP contribution in [0.1, 0.15) is 28.4 Å². The van der Waals surface area contributed by atoms with E-state index in [2.05, 4.69) is 0 Å². The summed E-state index contributed by atoms with van der Waals surface area (Å²) in [5.74, 6) is -0.307. The molecular formula is C15H14ClFO. The highest BCUT2D eigenvalue weighted by atomic mass is 35.5. The molecule has 2 aromatic rings. The van der Waals surface area contributed by atoms with E-state index in [-0.39, 0.29) is 5.82 Å². The minimum Gasteiger partial charge on any atom is -0.384 e. The molecule has 2 rings (SSSR count). The molecule has 0 amide bonds. The Labute approximate surface area is 111 Å². The Morgan fingerprint density at radius 2 is 1.78 bits per heavy atom. The topological polar surface area (TPSA) is 20.2 Å². The van der Waals surface area contributed by atoms with E-state index >= 15 is 0 Å². The number of halogens is 2. The molecular weight excluding hydrogens is 251 g/mol. The third kappa shape index (κ3) is 2.55. The van der Waals surface area contributed by atoms with Gasteiger partial charge in [0.05, 0.1) is 0 Å². The van der Waals surface area contributed by atoms with Crippen LogP contribution in [0.2, 0.25) is 5.02 Å². The second-order valence-electron chi connectivity index (χ2n) is 4.41. The van der Waals surface area contributed by atoms with Gasteiger partial charge in [-0.05, 0) is 54.3 Å². The predicted molar refractivity (Wildman–Crippen MR) is 71.4 cm³/mol. The van der Waals surface area contributed by atoms with Gasteiger partial charge >= 0.3 is 0 Å². The highest BCUT2D eigenvalue weighted by Gasteiger charge is 2.14. The lowest BCUT2D eigenvalue weighted by Gasteiger charge is -2.15. The zero-order chi connectivity index (χ0) is 13.3. The molecule has 0 saturated heterocycles. The van der Waals surface area contributed by atoms with Gasteiger partial charge in [0, 0.05) is 5.02 Å². The first kappa shape index (κ1) is 13.1. The molecule has 1 N–H and O–H groups in total. The molecule has 0 heterocycles. The summed E-state index contributed by atoms with van der Waals surface area (Å²) in [6, 6.07) is 10.0. The molecule has 0 aliphatic heterocycles. The van der Waals surface area contributed by atoms with Crippen molar-refractivity contribution in [3.63, 3.8) is 0 Å². The van der Waals surface area contributed by atoms with Crippen LogP contribution in [-0.4, -0.2) is 5.11 Å². The fourth-order valence-electron chi connectivity index (χ4n) is 1.90. The van der Waals surface area contributed by atoms with E-state index in [4.69, 9.17) is 11.6 Å². The number of aliphatic hydroxyl groups is 1. The first-order valence-electron chi connectivity index (χ1n) is 5.69. The Balaban J connectivity index is 2.41. The maximum Gasteiger partial charge on any atom is 0.126 e. The van der Waals surface area contributed by atoms with Crippen LogP contribution in [0.25, 0.3) is 0 Å². The SMILES string of the molecule is Cc1ccc(C(O)c2ccc(Cl)cc2C)cc1F. The Morgan fingerprint density at radius 1 is 1.06 bits per heavy atom. The molecule has 3 heteroatoms. The Kier molecular flexibility index (Phi) is 3.69. The number of aryl methyl sites for hydroxylation is 2. The summed E-state index contributed by atoms with van der Waals surface area (Å²) in [7, 11) is 0. The average molecular weight is 265 g/mol. The summed E-state index contributed by atoms with van der Waals surface area (Å²) in [4.78, 5) is 0. The van der Waals surface area contributed by atoms with Crippen molar-refractivity contribution in [3.05, 3.63) is 69.5 Å². The van der Waals surface area contributed by atoms with E-state index in [0.717, 1.165) is 11.1 Å². The molecule has 0 bridgehead atoms. The lowest BCUT2D eigenvalue weighted by Crippen LogP contribution is -2.03. The number of rotatable bonds is 2. The maximum atomic E-state index is 13.5. The van der Waals surface area contributed by atoms with Crippen LogP contribution >= 0.6 is 11.6 Å². The van der Waals surface area contributed by atoms with Gasteiger partial charge in [0.15, 0.2) is 0 Å². The molecule has 0 spiro atoms. The molecule has 0 aliphatic rings. The van der Waals surface area contributed by atoms with Crippen molar-refractivity contribution in [1.82, 2.24) is 0 Å². The first-order valence-corrected chi connectivity index (χ1v) is 6.07. The molecule has 1 nitrogen and oxygen atoms in total. The molecule has 0 fully saturated rings. The lowest BCUT2D eigenvalue weighted by atomic mass is 9.97. The van der Waals surface area contributed by atoms with Gasteiger partial charge in [-0.3, -0.25) is 0 Å². The van der Waals surface area contributed by atoms with Crippen LogP contribution in [0, 0.1) is 19.7 Å². The number of benzene rings is 2. The molecule has 0 saturated carbocycles. The van der Waals surface area contributed by atoms with E-state index < -0.39 is 6.10 Å². The fraction of sp³-hybridized carbons (Fsp3) is 0.200. The van der Waals surface area contributed by atoms with Crippen LogP contribution in [0.15, 0.2) is 36.4 Å². The van der Waals surface area contributed by atoms with Crippen LogP contribution in [-0.2, 0) is 0 Å². The fourth-order valence-corrected chi connectivity index (χ4v) is 2.13. The molecule has 1 atom stereocenters. The second-order valence-corrected chi connectivity index (χ2v) is 4.85. The zero-order valence-corrected chi connectivity index (χ0v) is 11.0. The van der Waals surface area contributed by atoms with Crippen molar-refractivity contribution < 1.29 is 9.50 Å². The highest BCUT2D eigenvalue weighted by molar-refractivity contribution is 6.30. The summed E-state index contributed by atoms with van der Waals surface area (Å²) in [5, 5.41) is 10.9. The normalized spacial score (nSPS) is 12.5. The summed E-state index contributed by atoms with van der Waals surface area (Å²) in [6.07, 6.45) is -0.836. The average Bonchev–Trinajstić information content (AvgIpc) is 2.32. The largest absolute Gasteiger partial charge is 0.384 e. The van der Waals surface area contributed by atoms with Crippen LogP contribution in [0.4, 0.5) is 4.39 Å². The molecule has 1 unspecified atom stereocenters. The maximum absolute atomic E-state index is 13.5. The van der Waals surface area contributed by atoms with E-state index in [9.17, 15) is 9.50 Å². The minimum atomic E-state index is -0.836. The molecule has 0 radical (unpaired) electrons. The van der Waals surface area contributed by atoms with Gasteiger partial charge in [-0.15, -0.1) is 0 Å². The third-order valence-corrected chi connectivity index (χ3v) is 3.27. The van der Waals surface area contributed by atoms with E-state index in [1.54, 1.807) is 37.3 Å². The van der Waals surface area contributed by atoms with Gasteiger partial charge in [-0.2, -0.15) is 0 Å². The monoisotopic (exact) mass is 264 g/mol. The van der Waals surface area contributed by atoms with Crippen molar-refractivity contribution in [1.29, 1.82) is 0 Å². The highest BCUT2D eigenvalue weighted by Crippen LogP contribution is 2.27. The van der Waals surface area contributed by atoms with Gasteiger partial charge in [-0.1, -0.05) is 29.8 Å². The van der Waals surface area contributed by atoms with Gasteiger partial charge in [0.2, 0.25) is 0 Å². The van der Waals surface area contributed by atoms with E-state index in [1.165, 1.54) is 6.07 Å². The van der Waals surface area contributed by atoms with Crippen LogP contribution in [0.5, 0.6) is 0 Å². The lowest BCUT2D eigenvalue weighted by molar-refractivity contribution is 0.219. The summed E-state index contributed by atoms with van der Waals surface area (Å²) < 4.78 is 13.5. The number of hydrogen-bond donors (Lipinski definition) is 1. The number of hydrogen-bond acceptors (Lipinski definition) is 1. The van der Waals surface area contributed by atoms with Crippen molar-refractivity contribution in [2.24, 2.45) is 0 Å². The molecule has 2 aromatic carbocycles. The Morgan fingerprint density at radius 3 is 2.39 bits per heavy atom. The van der Waals surface area contributed by atoms with Crippen molar-refractivity contribution >= 4 is 11.6 Å². The summed E-state index contributed by atoms with van der Waals surface area (Å²) in [6.45, 7) is 3.56. The molecule has 94 valence electrons. The smallest absolute Gasteiger partial charge is 0.126 e. The summed E-state index contributed by atoms with van der Waals surface area (Å²) >= 11 is 5.87.